The highest BCUT2D eigenvalue weighted by Gasteiger charge is 2.18. The summed E-state index contributed by atoms with van der Waals surface area (Å²) in [6, 6.07) is 13.1. The van der Waals surface area contributed by atoms with Crippen LogP contribution in [0.25, 0.3) is 22.0 Å². The number of carbonyl (C=O) groups is 2. The van der Waals surface area contributed by atoms with Gasteiger partial charge in [-0.25, -0.2) is 0 Å². The van der Waals surface area contributed by atoms with Crippen LogP contribution in [0.4, 0.5) is 5.82 Å². The summed E-state index contributed by atoms with van der Waals surface area (Å²) in [6.07, 6.45) is 0.490. The summed E-state index contributed by atoms with van der Waals surface area (Å²) in [4.78, 5) is 25.5. The van der Waals surface area contributed by atoms with E-state index in [4.69, 9.17) is 11.0 Å². The van der Waals surface area contributed by atoms with Crippen molar-refractivity contribution in [1.82, 2.24) is 4.98 Å². The Balaban J connectivity index is 2.27. The average molecular weight is 318 g/mol. The van der Waals surface area contributed by atoms with Crippen molar-refractivity contribution >= 4 is 29.0 Å². The van der Waals surface area contributed by atoms with Crippen molar-refractivity contribution < 1.29 is 9.59 Å². The maximum Gasteiger partial charge on any atom is 0.253 e. The smallest absolute Gasteiger partial charge is 0.253 e. The number of primary amides is 1. The van der Waals surface area contributed by atoms with E-state index in [2.05, 4.69) is 16.4 Å². The summed E-state index contributed by atoms with van der Waals surface area (Å²) >= 11 is 0. The zero-order valence-electron chi connectivity index (χ0n) is 12.9. The third-order valence-corrected chi connectivity index (χ3v) is 3.99. The molecule has 0 aliphatic heterocycles. The first-order chi connectivity index (χ1) is 11.6. The molecule has 2 aromatic carbocycles. The Morgan fingerprint density at radius 2 is 2.12 bits per heavy atom. The molecule has 0 bridgehead atoms. The van der Waals surface area contributed by atoms with Crippen LogP contribution in [0.1, 0.15) is 21.5 Å². The monoisotopic (exact) mass is 318 g/mol. The lowest BCUT2D eigenvalue weighted by atomic mass is 9.96. The molecular formula is C18H14N4O2. The quantitative estimate of drug-likeness (QED) is 0.643. The van der Waals surface area contributed by atoms with Gasteiger partial charge in [0.25, 0.3) is 5.91 Å². The lowest BCUT2D eigenvalue weighted by molar-refractivity contribution is -0.105. The van der Waals surface area contributed by atoms with Gasteiger partial charge in [0.15, 0.2) is 0 Å². The van der Waals surface area contributed by atoms with Gasteiger partial charge in [-0.05, 0) is 35.7 Å². The Bertz CT molecular complexity index is 1010. The number of aromatic nitrogens is 1. The number of aromatic amines is 1. The normalized spacial score (nSPS) is 10.3. The topological polar surface area (TPSA) is 112 Å². The number of benzene rings is 2. The van der Waals surface area contributed by atoms with E-state index in [1.807, 2.05) is 25.1 Å². The van der Waals surface area contributed by atoms with Crippen LogP contribution in [0.5, 0.6) is 0 Å². The van der Waals surface area contributed by atoms with E-state index in [-0.39, 0.29) is 11.4 Å². The van der Waals surface area contributed by atoms with Crippen LogP contribution < -0.4 is 11.1 Å². The minimum absolute atomic E-state index is 0.248. The molecule has 0 fully saturated rings. The number of hydrogen-bond donors (Lipinski definition) is 3. The van der Waals surface area contributed by atoms with Crippen LogP contribution in [0.2, 0.25) is 0 Å². The van der Waals surface area contributed by atoms with Gasteiger partial charge in [0.05, 0.1) is 22.7 Å². The lowest BCUT2D eigenvalue weighted by Crippen LogP contribution is -2.13. The lowest BCUT2D eigenvalue weighted by Gasteiger charge is -2.08. The highest BCUT2D eigenvalue weighted by Crippen LogP contribution is 2.34. The van der Waals surface area contributed by atoms with Crippen molar-refractivity contribution in [3.05, 3.63) is 53.1 Å². The van der Waals surface area contributed by atoms with Gasteiger partial charge in [0.1, 0.15) is 5.82 Å². The van der Waals surface area contributed by atoms with Crippen LogP contribution in [0, 0.1) is 18.3 Å². The molecule has 0 saturated heterocycles. The molecule has 0 unspecified atom stereocenters. The standard InChI is InChI=1S/C18H14N4O2/c1-10-13(12-4-2-3-11(7-12)8-19)5-6-14-15(17(20)24)18(21-9-23)22-16(10)14/h2-7,9,22H,1H3,(H2,20,24)(H,21,23). The number of nitriles is 1. The Labute approximate surface area is 137 Å². The van der Waals surface area contributed by atoms with E-state index in [0.29, 0.717) is 22.9 Å². The maximum atomic E-state index is 11.7. The summed E-state index contributed by atoms with van der Waals surface area (Å²) in [5.41, 5.74) is 9.69. The van der Waals surface area contributed by atoms with Crippen LogP contribution in [0.3, 0.4) is 0 Å². The summed E-state index contributed by atoms with van der Waals surface area (Å²) in [6.45, 7) is 1.91. The highest BCUT2D eigenvalue weighted by atomic mass is 16.1. The fraction of sp³-hybridized carbons (Fsp3) is 0.0556. The number of carbonyl (C=O) groups excluding carboxylic acids is 2. The Hall–Kier alpha value is -3.59. The number of amides is 2. The van der Waals surface area contributed by atoms with Gasteiger partial charge in [-0.3, -0.25) is 9.59 Å². The molecule has 3 aromatic rings. The number of anilines is 1. The molecular weight excluding hydrogens is 304 g/mol. The number of rotatable bonds is 4. The highest BCUT2D eigenvalue weighted by molar-refractivity contribution is 6.13. The SMILES string of the molecule is Cc1c(-c2cccc(C#N)c2)ccc2c(C(N)=O)c(NC=O)[nH]c12. The first-order valence-corrected chi connectivity index (χ1v) is 7.22. The summed E-state index contributed by atoms with van der Waals surface area (Å²) < 4.78 is 0. The molecule has 1 aromatic heterocycles. The number of nitrogens with two attached hydrogens (primary N) is 1. The zero-order valence-corrected chi connectivity index (χ0v) is 12.9. The first kappa shape index (κ1) is 15.3. The Kier molecular flexibility index (Phi) is 3.76. The molecule has 3 rings (SSSR count). The van der Waals surface area contributed by atoms with E-state index in [9.17, 15) is 9.59 Å². The molecule has 0 aliphatic rings. The van der Waals surface area contributed by atoms with Crippen LogP contribution >= 0.6 is 0 Å². The molecule has 0 saturated carbocycles. The zero-order chi connectivity index (χ0) is 17.3. The second-order valence-corrected chi connectivity index (χ2v) is 5.35. The third kappa shape index (κ3) is 2.38. The molecule has 0 radical (unpaired) electrons. The van der Waals surface area contributed by atoms with Crippen molar-refractivity contribution in [3.63, 3.8) is 0 Å². The third-order valence-electron chi connectivity index (χ3n) is 3.99. The van der Waals surface area contributed by atoms with Crippen molar-refractivity contribution in [3.8, 4) is 17.2 Å². The molecule has 6 heteroatoms. The second-order valence-electron chi connectivity index (χ2n) is 5.35. The molecule has 118 valence electrons. The van der Waals surface area contributed by atoms with Crippen LogP contribution in [-0.4, -0.2) is 17.3 Å². The largest absolute Gasteiger partial charge is 0.365 e. The van der Waals surface area contributed by atoms with Gasteiger partial charge in [0, 0.05) is 5.39 Å². The molecule has 0 aliphatic carbocycles. The van der Waals surface area contributed by atoms with E-state index in [0.717, 1.165) is 16.7 Å². The molecule has 0 atom stereocenters. The number of H-pyrrole nitrogens is 1. The molecule has 4 N–H and O–H groups in total. The number of aryl methyl sites for hydroxylation is 1. The number of nitrogens with one attached hydrogen (secondary N) is 2. The van der Waals surface area contributed by atoms with Crippen LogP contribution in [0.15, 0.2) is 36.4 Å². The molecule has 1 heterocycles. The van der Waals surface area contributed by atoms with Gasteiger partial charge in [-0.15, -0.1) is 0 Å². The number of hydrogen-bond acceptors (Lipinski definition) is 3. The summed E-state index contributed by atoms with van der Waals surface area (Å²) in [7, 11) is 0. The molecule has 6 nitrogen and oxygen atoms in total. The maximum absolute atomic E-state index is 11.7. The Morgan fingerprint density at radius 3 is 2.79 bits per heavy atom. The van der Waals surface area contributed by atoms with E-state index in [1.54, 1.807) is 18.2 Å². The minimum atomic E-state index is -0.621. The molecule has 24 heavy (non-hydrogen) atoms. The van der Waals surface area contributed by atoms with Crippen molar-refractivity contribution in [2.24, 2.45) is 5.73 Å². The van der Waals surface area contributed by atoms with Gasteiger partial charge in [-0.1, -0.05) is 24.3 Å². The van der Waals surface area contributed by atoms with Gasteiger partial charge in [-0.2, -0.15) is 5.26 Å². The number of fused-ring (bicyclic) bond motifs is 1. The average Bonchev–Trinajstić information content (AvgIpc) is 2.95. The first-order valence-electron chi connectivity index (χ1n) is 7.22. The summed E-state index contributed by atoms with van der Waals surface area (Å²) in [5, 5.41) is 12.2. The second kappa shape index (κ2) is 5.89. The van der Waals surface area contributed by atoms with Gasteiger partial charge in [0.2, 0.25) is 6.41 Å². The van der Waals surface area contributed by atoms with Crippen molar-refractivity contribution in [2.75, 3.05) is 5.32 Å². The van der Waals surface area contributed by atoms with E-state index in [1.165, 1.54) is 0 Å². The fourth-order valence-corrected chi connectivity index (χ4v) is 2.90. The predicted octanol–water partition coefficient (Wildman–Crippen LogP) is 2.68. The minimum Gasteiger partial charge on any atom is -0.365 e. The van der Waals surface area contributed by atoms with Crippen molar-refractivity contribution in [2.45, 2.75) is 6.92 Å². The summed E-state index contributed by atoms with van der Waals surface area (Å²) in [5.74, 6) is -0.345. The predicted molar refractivity (Wildman–Crippen MR) is 91.4 cm³/mol. The number of nitrogens with zero attached hydrogens (tertiary/aromatic N) is 1. The van der Waals surface area contributed by atoms with Gasteiger partial charge < -0.3 is 16.0 Å². The van der Waals surface area contributed by atoms with E-state index < -0.39 is 5.91 Å². The van der Waals surface area contributed by atoms with E-state index >= 15 is 0 Å². The van der Waals surface area contributed by atoms with Crippen LogP contribution in [-0.2, 0) is 4.79 Å². The molecule has 0 spiro atoms. The van der Waals surface area contributed by atoms with Gasteiger partial charge >= 0.3 is 0 Å². The fourth-order valence-electron chi connectivity index (χ4n) is 2.90. The Morgan fingerprint density at radius 1 is 1.33 bits per heavy atom. The van der Waals surface area contributed by atoms with Crippen molar-refractivity contribution in [1.29, 1.82) is 5.26 Å². The molecule has 2 amide bonds.